The number of aliphatic imine (C=N–C) groups is 1. The van der Waals surface area contributed by atoms with Gasteiger partial charge in [-0.2, -0.15) is 0 Å². The summed E-state index contributed by atoms with van der Waals surface area (Å²) >= 11 is 0. The second-order valence-corrected chi connectivity index (χ2v) is 6.14. The van der Waals surface area contributed by atoms with Crippen LogP contribution in [0.1, 0.15) is 31.2 Å². The van der Waals surface area contributed by atoms with E-state index in [9.17, 15) is 4.39 Å². The van der Waals surface area contributed by atoms with Gasteiger partial charge in [0.1, 0.15) is 5.76 Å². The third kappa shape index (κ3) is 5.95. The maximum Gasteiger partial charge on any atom is 0.192 e. The Morgan fingerprint density at radius 3 is 2.81 bits per heavy atom. The van der Waals surface area contributed by atoms with Gasteiger partial charge in [0, 0.05) is 13.0 Å². The van der Waals surface area contributed by atoms with Gasteiger partial charge in [-0.1, -0.05) is 18.2 Å². The highest BCUT2D eigenvalue weighted by Gasteiger charge is 2.11. The number of nitrogens with one attached hydrogen (secondary N) is 2. The van der Waals surface area contributed by atoms with Crippen LogP contribution in [0.3, 0.4) is 0 Å². The van der Waals surface area contributed by atoms with Crippen molar-refractivity contribution in [3.05, 3.63) is 65.9 Å². The molecule has 1 unspecified atom stereocenters. The number of halogens is 1. The van der Waals surface area contributed by atoms with Gasteiger partial charge in [0.15, 0.2) is 17.5 Å². The van der Waals surface area contributed by atoms with Crippen LogP contribution in [0.15, 0.2) is 58.2 Å². The Hall–Kier alpha value is -2.76. The minimum atomic E-state index is -0.384. The van der Waals surface area contributed by atoms with Gasteiger partial charge in [0.2, 0.25) is 0 Å². The standard InChI is InChI=1S/C20H26FN3O2/c1-14(2)13-23-20(22-10-9-17-6-5-11-26-17)24-15(3)16-7-8-19(25-4)18(21)12-16/h5-8,11-12,15H,1,9-10,13H2,2-4H3,(H2,22,23,24). The Balaban J connectivity index is 2.00. The number of hydrogen-bond acceptors (Lipinski definition) is 3. The lowest BCUT2D eigenvalue weighted by Gasteiger charge is -2.19. The van der Waals surface area contributed by atoms with Gasteiger partial charge < -0.3 is 19.8 Å². The number of methoxy groups -OCH3 is 1. The average molecular weight is 359 g/mol. The Kier molecular flexibility index (Phi) is 7.26. The summed E-state index contributed by atoms with van der Waals surface area (Å²) in [6.07, 6.45) is 2.40. The van der Waals surface area contributed by atoms with E-state index in [1.165, 1.54) is 13.2 Å². The molecule has 0 radical (unpaired) electrons. The van der Waals surface area contributed by atoms with Crippen molar-refractivity contribution in [2.24, 2.45) is 4.99 Å². The Morgan fingerprint density at radius 1 is 1.38 bits per heavy atom. The summed E-state index contributed by atoms with van der Waals surface area (Å²) in [5, 5.41) is 6.56. The van der Waals surface area contributed by atoms with Crippen molar-refractivity contribution in [1.29, 1.82) is 0 Å². The molecule has 1 heterocycles. The van der Waals surface area contributed by atoms with E-state index in [1.807, 2.05) is 32.0 Å². The molecule has 2 rings (SSSR count). The summed E-state index contributed by atoms with van der Waals surface area (Å²) < 4.78 is 24.2. The molecule has 1 atom stereocenters. The summed E-state index contributed by atoms with van der Waals surface area (Å²) in [6, 6.07) is 8.59. The lowest BCUT2D eigenvalue weighted by Crippen LogP contribution is -2.40. The van der Waals surface area contributed by atoms with Crippen molar-refractivity contribution >= 4 is 5.96 Å². The Bertz CT molecular complexity index is 742. The van der Waals surface area contributed by atoms with Crippen LogP contribution < -0.4 is 15.4 Å². The zero-order chi connectivity index (χ0) is 18.9. The van der Waals surface area contributed by atoms with Crippen LogP contribution in [-0.2, 0) is 6.42 Å². The number of guanidine groups is 1. The summed E-state index contributed by atoms with van der Waals surface area (Å²) in [5.41, 5.74) is 1.76. The molecule has 0 aliphatic heterocycles. The van der Waals surface area contributed by atoms with Gasteiger partial charge in [0.25, 0.3) is 0 Å². The van der Waals surface area contributed by atoms with Crippen molar-refractivity contribution in [2.45, 2.75) is 26.3 Å². The second-order valence-electron chi connectivity index (χ2n) is 6.14. The first-order chi connectivity index (χ1) is 12.5. The lowest BCUT2D eigenvalue weighted by atomic mass is 10.1. The fourth-order valence-electron chi connectivity index (χ4n) is 2.37. The van der Waals surface area contributed by atoms with Crippen LogP contribution >= 0.6 is 0 Å². The lowest BCUT2D eigenvalue weighted by molar-refractivity contribution is 0.386. The highest BCUT2D eigenvalue weighted by Crippen LogP contribution is 2.21. The predicted molar refractivity (Wildman–Crippen MR) is 102 cm³/mol. The molecule has 5 nitrogen and oxygen atoms in total. The van der Waals surface area contributed by atoms with E-state index >= 15 is 0 Å². The van der Waals surface area contributed by atoms with Crippen molar-refractivity contribution in [2.75, 3.05) is 20.2 Å². The molecular weight excluding hydrogens is 333 g/mol. The van der Waals surface area contributed by atoms with E-state index in [-0.39, 0.29) is 17.6 Å². The van der Waals surface area contributed by atoms with Crippen molar-refractivity contribution in [3.63, 3.8) is 0 Å². The van der Waals surface area contributed by atoms with Crippen molar-refractivity contribution < 1.29 is 13.5 Å². The summed E-state index contributed by atoms with van der Waals surface area (Å²) in [6.45, 7) is 8.93. The zero-order valence-corrected chi connectivity index (χ0v) is 15.5. The topological polar surface area (TPSA) is 58.8 Å². The molecular formula is C20H26FN3O2. The molecule has 0 spiro atoms. The predicted octanol–water partition coefficient (Wildman–Crippen LogP) is 3.84. The molecule has 2 aromatic rings. The van der Waals surface area contributed by atoms with E-state index in [1.54, 1.807) is 12.3 Å². The van der Waals surface area contributed by atoms with Gasteiger partial charge in [-0.25, -0.2) is 9.38 Å². The summed E-state index contributed by atoms with van der Waals surface area (Å²) in [5.74, 6) is 1.39. The van der Waals surface area contributed by atoms with Gasteiger partial charge >= 0.3 is 0 Å². The second kappa shape index (κ2) is 9.65. The first-order valence-electron chi connectivity index (χ1n) is 8.54. The fraction of sp³-hybridized carbons (Fsp3) is 0.350. The number of nitrogens with zero attached hydrogens (tertiary/aromatic N) is 1. The summed E-state index contributed by atoms with van der Waals surface area (Å²) in [4.78, 5) is 4.51. The molecule has 0 aliphatic carbocycles. The van der Waals surface area contributed by atoms with Crippen LogP contribution in [-0.4, -0.2) is 26.2 Å². The van der Waals surface area contributed by atoms with Crippen LogP contribution in [0.2, 0.25) is 0 Å². The molecule has 0 aliphatic rings. The maximum atomic E-state index is 13.9. The molecule has 0 fully saturated rings. The first kappa shape index (κ1) is 19.6. The largest absolute Gasteiger partial charge is 0.494 e. The monoisotopic (exact) mass is 359 g/mol. The van der Waals surface area contributed by atoms with Gasteiger partial charge in [-0.15, -0.1) is 0 Å². The van der Waals surface area contributed by atoms with Gasteiger partial charge in [-0.3, -0.25) is 0 Å². The van der Waals surface area contributed by atoms with E-state index in [4.69, 9.17) is 9.15 Å². The maximum absolute atomic E-state index is 13.9. The molecule has 0 bridgehead atoms. The van der Waals surface area contributed by atoms with Crippen LogP contribution in [0.5, 0.6) is 5.75 Å². The number of rotatable bonds is 8. The molecule has 1 aromatic carbocycles. The van der Waals surface area contributed by atoms with Crippen LogP contribution in [0, 0.1) is 5.82 Å². The minimum Gasteiger partial charge on any atom is -0.494 e. The van der Waals surface area contributed by atoms with E-state index in [0.29, 0.717) is 19.0 Å². The third-order valence-corrected chi connectivity index (χ3v) is 3.78. The molecule has 2 N–H and O–H groups in total. The number of ether oxygens (including phenoxy) is 1. The molecule has 0 saturated carbocycles. The Morgan fingerprint density at radius 2 is 2.19 bits per heavy atom. The average Bonchev–Trinajstić information content (AvgIpc) is 3.12. The highest BCUT2D eigenvalue weighted by atomic mass is 19.1. The number of hydrogen-bond donors (Lipinski definition) is 2. The molecule has 0 amide bonds. The Labute approximate surface area is 154 Å². The molecule has 1 aromatic heterocycles. The smallest absolute Gasteiger partial charge is 0.192 e. The minimum absolute atomic E-state index is 0.129. The molecule has 6 heteroatoms. The van der Waals surface area contributed by atoms with E-state index in [2.05, 4.69) is 22.2 Å². The van der Waals surface area contributed by atoms with Gasteiger partial charge in [-0.05, 0) is 43.7 Å². The SMILES string of the molecule is C=C(C)CN=C(NCCc1ccco1)NC(C)c1ccc(OC)c(F)c1. The third-order valence-electron chi connectivity index (χ3n) is 3.78. The van der Waals surface area contributed by atoms with Gasteiger partial charge in [0.05, 0.1) is 26.0 Å². The first-order valence-corrected chi connectivity index (χ1v) is 8.54. The molecule has 26 heavy (non-hydrogen) atoms. The normalized spacial score (nSPS) is 12.5. The van der Waals surface area contributed by atoms with E-state index < -0.39 is 0 Å². The number of benzene rings is 1. The molecule has 0 saturated heterocycles. The molecule has 140 valence electrons. The highest BCUT2D eigenvalue weighted by molar-refractivity contribution is 5.80. The van der Waals surface area contributed by atoms with Crippen LogP contribution in [0.25, 0.3) is 0 Å². The van der Waals surface area contributed by atoms with E-state index in [0.717, 1.165) is 23.3 Å². The van der Waals surface area contributed by atoms with Crippen LogP contribution in [0.4, 0.5) is 4.39 Å². The number of furan rings is 1. The quantitative estimate of drug-likeness (QED) is 0.427. The van der Waals surface area contributed by atoms with Crippen molar-refractivity contribution in [3.8, 4) is 5.75 Å². The van der Waals surface area contributed by atoms with Crippen molar-refractivity contribution in [1.82, 2.24) is 10.6 Å². The fourth-order valence-corrected chi connectivity index (χ4v) is 2.37. The zero-order valence-electron chi connectivity index (χ0n) is 15.5. The summed E-state index contributed by atoms with van der Waals surface area (Å²) in [7, 11) is 1.45.